The Bertz CT molecular complexity index is 665. The number of amides is 1. The minimum absolute atomic E-state index is 0.260. The third-order valence-electron chi connectivity index (χ3n) is 3.89. The molecule has 1 fully saturated rings. The van der Waals surface area contributed by atoms with E-state index in [2.05, 4.69) is 27.3 Å². The summed E-state index contributed by atoms with van der Waals surface area (Å²) in [4.78, 5) is 13.7. The second kappa shape index (κ2) is 7.80. The fourth-order valence-electron chi connectivity index (χ4n) is 2.97. The van der Waals surface area contributed by atoms with Gasteiger partial charge in [-0.2, -0.15) is 0 Å². The van der Waals surface area contributed by atoms with Gasteiger partial charge in [0, 0.05) is 16.2 Å². The average molecular weight is 452 g/mol. The molecule has 6 nitrogen and oxygen atoms in total. The number of nitrogens with zero attached hydrogens (tertiary/aromatic N) is 1. The van der Waals surface area contributed by atoms with Gasteiger partial charge in [0.1, 0.15) is 0 Å². The summed E-state index contributed by atoms with van der Waals surface area (Å²) in [5.74, 6) is 0. The van der Waals surface area contributed by atoms with Crippen LogP contribution in [0.2, 0.25) is 0 Å². The van der Waals surface area contributed by atoms with Crippen molar-refractivity contribution in [2.75, 3.05) is 19.9 Å². The van der Waals surface area contributed by atoms with Crippen molar-refractivity contribution < 1.29 is 17.9 Å². The monoisotopic (exact) mass is 452 g/mol. The van der Waals surface area contributed by atoms with Gasteiger partial charge >= 0.3 is 6.09 Å². The Kier molecular flexibility index (Phi) is 6.26. The van der Waals surface area contributed by atoms with Gasteiger partial charge in [-0.05, 0) is 59.5 Å². The van der Waals surface area contributed by atoms with E-state index in [1.54, 1.807) is 4.90 Å². The topological polar surface area (TPSA) is 75.7 Å². The Morgan fingerprint density at radius 3 is 2.83 bits per heavy atom. The highest BCUT2D eigenvalue weighted by Crippen LogP contribution is 2.23. The molecule has 2 atom stereocenters. The van der Waals surface area contributed by atoms with Crippen molar-refractivity contribution in [3.8, 4) is 0 Å². The van der Waals surface area contributed by atoms with E-state index in [4.69, 9.17) is 4.74 Å². The number of hydrogen-bond acceptors (Lipinski definition) is 4. The fourth-order valence-corrected chi connectivity index (χ4v) is 4.40. The summed E-state index contributed by atoms with van der Waals surface area (Å²) in [7, 11) is -2.00. The first-order valence-corrected chi connectivity index (χ1v) is 10.3. The zero-order chi connectivity index (χ0) is 17.0. The van der Waals surface area contributed by atoms with Crippen LogP contribution in [0.4, 0.5) is 4.79 Å². The molecule has 1 N–H and O–H groups in total. The highest BCUT2D eigenvalue weighted by molar-refractivity contribution is 14.1. The molecule has 128 valence electrons. The zero-order valence-corrected chi connectivity index (χ0v) is 16.1. The number of hydrogen-bond donors (Lipinski definition) is 1. The van der Waals surface area contributed by atoms with Gasteiger partial charge < -0.3 is 9.64 Å². The molecule has 1 aromatic rings. The normalized spacial score (nSPS) is 22.0. The SMILES string of the molecule is COC(=O)N1CCC[C@@H](NS(C)(=O)=O)[C@H]1Cc1cccc(I)c1. The summed E-state index contributed by atoms with van der Waals surface area (Å²) >= 11 is 2.24. The zero-order valence-electron chi connectivity index (χ0n) is 13.2. The number of likely N-dealkylation sites (tertiary alicyclic amines) is 1. The van der Waals surface area contributed by atoms with Crippen molar-refractivity contribution in [2.45, 2.75) is 31.3 Å². The van der Waals surface area contributed by atoms with Crippen LogP contribution in [0.3, 0.4) is 0 Å². The maximum Gasteiger partial charge on any atom is 0.409 e. The summed E-state index contributed by atoms with van der Waals surface area (Å²) in [6, 6.07) is 7.42. The number of piperidine rings is 1. The molecule has 0 radical (unpaired) electrons. The predicted molar refractivity (Wildman–Crippen MR) is 96.8 cm³/mol. The molecule has 1 aromatic carbocycles. The fraction of sp³-hybridized carbons (Fsp3) is 0.533. The number of nitrogens with one attached hydrogen (secondary N) is 1. The van der Waals surface area contributed by atoms with Crippen LogP contribution in [0.25, 0.3) is 0 Å². The molecule has 2 rings (SSSR count). The van der Waals surface area contributed by atoms with Crippen LogP contribution in [0.5, 0.6) is 0 Å². The molecule has 1 aliphatic rings. The number of methoxy groups -OCH3 is 1. The first-order chi connectivity index (χ1) is 10.8. The van der Waals surface area contributed by atoms with Crippen LogP contribution < -0.4 is 4.72 Å². The maximum atomic E-state index is 12.1. The van der Waals surface area contributed by atoms with Crippen molar-refractivity contribution in [1.29, 1.82) is 0 Å². The average Bonchev–Trinajstić information content (AvgIpc) is 2.47. The van der Waals surface area contributed by atoms with Crippen LogP contribution in [-0.2, 0) is 21.2 Å². The van der Waals surface area contributed by atoms with Crippen molar-refractivity contribution in [1.82, 2.24) is 9.62 Å². The molecule has 0 bridgehead atoms. The van der Waals surface area contributed by atoms with Gasteiger partial charge in [-0.3, -0.25) is 0 Å². The number of benzene rings is 1. The van der Waals surface area contributed by atoms with Gasteiger partial charge in [-0.1, -0.05) is 12.1 Å². The minimum Gasteiger partial charge on any atom is -0.453 e. The first kappa shape index (κ1) is 18.5. The summed E-state index contributed by atoms with van der Waals surface area (Å²) in [5, 5.41) is 0. The van der Waals surface area contributed by atoms with E-state index in [1.807, 2.05) is 24.3 Å². The van der Waals surface area contributed by atoms with Crippen LogP contribution in [0, 0.1) is 3.57 Å². The third kappa shape index (κ3) is 5.32. The highest BCUT2D eigenvalue weighted by Gasteiger charge is 2.36. The number of carbonyl (C=O) groups excluding carboxylic acids is 1. The van der Waals surface area contributed by atoms with Gasteiger partial charge in [-0.25, -0.2) is 17.9 Å². The molecule has 8 heteroatoms. The first-order valence-electron chi connectivity index (χ1n) is 7.36. The second-order valence-corrected chi connectivity index (χ2v) is 8.73. The quantitative estimate of drug-likeness (QED) is 0.710. The Balaban J connectivity index is 2.28. The lowest BCUT2D eigenvalue weighted by molar-refractivity contribution is 0.0792. The van der Waals surface area contributed by atoms with E-state index < -0.39 is 16.1 Å². The number of rotatable bonds is 4. The summed E-state index contributed by atoms with van der Waals surface area (Å²) in [6.07, 6.45) is 2.76. The summed E-state index contributed by atoms with van der Waals surface area (Å²) in [6.45, 7) is 0.573. The molecular weight excluding hydrogens is 431 g/mol. The van der Waals surface area contributed by atoms with E-state index in [1.165, 1.54) is 7.11 Å². The lowest BCUT2D eigenvalue weighted by Crippen LogP contribution is -2.57. The minimum atomic E-state index is -3.34. The Morgan fingerprint density at radius 1 is 1.48 bits per heavy atom. The van der Waals surface area contributed by atoms with Crippen LogP contribution in [0.15, 0.2) is 24.3 Å². The number of ether oxygens (including phenoxy) is 1. The number of halogens is 1. The Hall–Kier alpha value is -0.870. The van der Waals surface area contributed by atoms with Crippen molar-refractivity contribution >= 4 is 38.7 Å². The van der Waals surface area contributed by atoms with Gasteiger partial charge in [-0.15, -0.1) is 0 Å². The maximum absolute atomic E-state index is 12.1. The second-order valence-electron chi connectivity index (χ2n) is 5.70. The van der Waals surface area contributed by atoms with Gasteiger partial charge in [0.05, 0.1) is 19.4 Å². The highest BCUT2D eigenvalue weighted by atomic mass is 127. The molecule has 1 amide bonds. The van der Waals surface area contributed by atoms with Gasteiger partial charge in [0.2, 0.25) is 10.0 Å². The van der Waals surface area contributed by atoms with Crippen molar-refractivity contribution in [2.24, 2.45) is 0 Å². The lowest BCUT2D eigenvalue weighted by Gasteiger charge is -2.40. The molecule has 0 aromatic heterocycles. The van der Waals surface area contributed by atoms with E-state index in [-0.39, 0.29) is 12.1 Å². The largest absolute Gasteiger partial charge is 0.453 e. The molecule has 23 heavy (non-hydrogen) atoms. The molecule has 0 spiro atoms. The molecule has 1 aliphatic heterocycles. The molecule has 0 saturated carbocycles. The van der Waals surface area contributed by atoms with Gasteiger partial charge in [0.15, 0.2) is 0 Å². The Labute approximate surface area is 150 Å². The van der Waals surface area contributed by atoms with Gasteiger partial charge in [0.25, 0.3) is 0 Å². The van der Waals surface area contributed by atoms with E-state index in [0.29, 0.717) is 19.4 Å². The predicted octanol–water partition coefficient (Wildman–Crippen LogP) is 1.98. The summed E-state index contributed by atoms with van der Waals surface area (Å²) in [5.41, 5.74) is 1.07. The number of sulfonamides is 1. The van der Waals surface area contributed by atoms with E-state index >= 15 is 0 Å². The Morgan fingerprint density at radius 2 is 2.22 bits per heavy atom. The van der Waals surface area contributed by atoms with Crippen LogP contribution in [-0.4, -0.2) is 51.4 Å². The molecule has 0 unspecified atom stereocenters. The molecule has 1 saturated heterocycles. The van der Waals surface area contributed by atoms with Crippen molar-refractivity contribution in [3.05, 3.63) is 33.4 Å². The molecular formula is C15H21IN2O4S. The lowest BCUT2D eigenvalue weighted by atomic mass is 9.92. The van der Waals surface area contributed by atoms with Crippen LogP contribution >= 0.6 is 22.6 Å². The standard InChI is InChI=1S/C15H21IN2O4S/c1-22-15(19)18-8-4-7-13(17-23(2,20)21)14(18)10-11-5-3-6-12(16)9-11/h3,5-6,9,13-14,17H,4,7-8,10H2,1-2H3/t13-,14-/m1/s1. The smallest absolute Gasteiger partial charge is 0.409 e. The summed E-state index contributed by atoms with van der Waals surface area (Å²) < 4.78 is 31.9. The molecule has 0 aliphatic carbocycles. The van der Waals surface area contributed by atoms with E-state index in [9.17, 15) is 13.2 Å². The van der Waals surface area contributed by atoms with E-state index in [0.717, 1.165) is 21.8 Å². The van der Waals surface area contributed by atoms with Crippen molar-refractivity contribution in [3.63, 3.8) is 0 Å². The third-order valence-corrected chi connectivity index (χ3v) is 5.29. The number of carbonyl (C=O) groups is 1. The molecule has 1 heterocycles. The van der Waals surface area contributed by atoms with Crippen LogP contribution in [0.1, 0.15) is 18.4 Å².